The van der Waals surface area contributed by atoms with E-state index in [9.17, 15) is 14.4 Å². The molecule has 90 valence electrons. The second-order valence-electron chi connectivity index (χ2n) is 3.72. The van der Waals surface area contributed by atoms with Crippen LogP contribution in [0.1, 0.15) is 19.3 Å². The molecule has 0 aliphatic carbocycles. The number of likely N-dealkylation sites (tertiary alicyclic amines) is 1. The maximum absolute atomic E-state index is 11.5. The Morgan fingerprint density at radius 2 is 2.12 bits per heavy atom. The summed E-state index contributed by atoms with van der Waals surface area (Å²) in [5, 5.41) is 8.84. The maximum Gasteiger partial charge on any atom is 0.229 e. The Morgan fingerprint density at radius 1 is 1.41 bits per heavy atom. The highest BCUT2D eigenvalue weighted by Crippen LogP contribution is 2.12. The molecule has 0 unspecified atom stereocenters. The number of imide groups is 1. The molecule has 2 N–H and O–H groups in total. The SMILES string of the molecule is O=C(CCN1C(=O)CCC1=O)Nc1cn[nH]c1. The van der Waals surface area contributed by atoms with Crippen molar-refractivity contribution in [2.45, 2.75) is 19.3 Å². The first-order valence-corrected chi connectivity index (χ1v) is 5.28. The van der Waals surface area contributed by atoms with Gasteiger partial charge in [0.1, 0.15) is 0 Å². The normalized spacial score (nSPS) is 15.4. The largest absolute Gasteiger partial charge is 0.323 e. The molecule has 0 atom stereocenters. The fourth-order valence-electron chi connectivity index (χ4n) is 1.63. The first kappa shape index (κ1) is 11.3. The number of aromatic nitrogens is 2. The van der Waals surface area contributed by atoms with Crippen LogP contribution in [0.2, 0.25) is 0 Å². The van der Waals surface area contributed by atoms with Gasteiger partial charge >= 0.3 is 0 Å². The molecule has 0 radical (unpaired) electrons. The van der Waals surface area contributed by atoms with E-state index in [4.69, 9.17) is 0 Å². The molecule has 0 aromatic carbocycles. The van der Waals surface area contributed by atoms with Crippen LogP contribution >= 0.6 is 0 Å². The fourth-order valence-corrected chi connectivity index (χ4v) is 1.63. The number of carbonyl (C=O) groups is 3. The number of hydrogen-bond acceptors (Lipinski definition) is 4. The van der Waals surface area contributed by atoms with Crippen molar-refractivity contribution in [3.63, 3.8) is 0 Å². The van der Waals surface area contributed by atoms with E-state index < -0.39 is 0 Å². The third-order valence-electron chi connectivity index (χ3n) is 2.50. The van der Waals surface area contributed by atoms with Gasteiger partial charge in [0.2, 0.25) is 17.7 Å². The minimum absolute atomic E-state index is 0.0999. The average Bonchev–Trinajstić information content (AvgIpc) is 2.88. The van der Waals surface area contributed by atoms with Gasteiger partial charge < -0.3 is 5.32 Å². The van der Waals surface area contributed by atoms with Gasteiger partial charge in [-0.2, -0.15) is 5.10 Å². The average molecular weight is 236 g/mol. The zero-order valence-corrected chi connectivity index (χ0v) is 9.10. The minimum atomic E-state index is -0.251. The Morgan fingerprint density at radius 3 is 2.71 bits per heavy atom. The number of H-pyrrole nitrogens is 1. The van der Waals surface area contributed by atoms with Crippen LogP contribution in [-0.2, 0) is 14.4 Å². The number of rotatable bonds is 4. The lowest BCUT2D eigenvalue weighted by molar-refractivity contribution is -0.138. The number of anilines is 1. The van der Waals surface area contributed by atoms with Gasteiger partial charge in [0.05, 0.1) is 11.9 Å². The molecule has 1 aliphatic heterocycles. The Hall–Kier alpha value is -2.18. The number of nitrogens with zero attached hydrogens (tertiary/aromatic N) is 2. The molecule has 17 heavy (non-hydrogen) atoms. The summed E-state index contributed by atoms with van der Waals surface area (Å²) in [4.78, 5) is 35.2. The molecule has 1 aromatic rings. The van der Waals surface area contributed by atoms with Crippen molar-refractivity contribution >= 4 is 23.4 Å². The molecule has 3 amide bonds. The van der Waals surface area contributed by atoms with E-state index in [-0.39, 0.29) is 43.5 Å². The van der Waals surface area contributed by atoms with Crippen LogP contribution in [0, 0.1) is 0 Å². The van der Waals surface area contributed by atoms with E-state index in [0.717, 1.165) is 4.90 Å². The molecule has 1 aliphatic rings. The summed E-state index contributed by atoms with van der Waals surface area (Å²) in [6, 6.07) is 0. The molecular formula is C10H12N4O3. The minimum Gasteiger partial charge on any atom is -0.323 e. The molecule has 1 aromatic heterocycles. The quantitative estimate of drug-likeness (QED) is 0.713. The Balaban J connectivity index is 1.80. The van der Waals surface area contributed by atoms with Crippen molar-refractivity contribution in [1.82, 2.24) is 15.1 Å². The highest BCUT2D eigenvalue weighted by atomic mass is 16.2. The van der Waals surface area contributed by atoms with Crippen molar-refractivity contribution < 1.29 is 14.4 Å². The Bertz CT molecular complexity index is 424. The number of nitrogens with one attached hydrogen (secondary N) is 2. The summed E-state index contributed by atoms with van der Waals surface area (Å²) in [7, 11) is 0. The second-order valence-corrected chi connectivity index (χ2v) is 3.72. The third kappa shape index (κ3) is 2.68. The Labute approximate surface area is 97.2 Å². The number of aromatic amines is 1. The maximum atomic E-state index is 11.5. The fraction of sp³-hybridized carbons (Fsp3) is 0.400. The lowest BCUT2D eigenvalue weighted by Gasteiger charge is -2.12. The molecule has 1 saturated heterocycles. The Kier molecular flexibility index (Phi) is 3.17. The van der Waals surface area contributed by atoms with Gasteiger partial charge in [0.15, 0.2) is 0 Å². The van der Waals surface area contributed by atoms with E-state index in [0.29, 0.717) is 5.69 Å². The van der Waals surface area contributed by atoms with E-state index in [1.165, 1.54) is 6.20 Å². The predicted molar refractivity (Wildman–Crippen MR) is 57.8 cm³/mol. The van der Waals surface area contributed by atoms with Crippen LogP contribution in [0.4, 0.5) is 5.69 Å². The van der Waals surface area contributed by atoms with Crippen molar-refractivity contribution in [1.29, 1.82) is 0 Å². The number of carbonyl (C=O) groups excluding carboxylic acids is 3. The van der Waals surface area contributed by atoms with Gasteiger partial charge in [-0.1, -0.05) is 0 Å². The zero-order chi connectivity index (χ0) is 12.3. The summed E-state index contributed by atoms with van der Waals surface area (Å²) >= 11 is 0. The molecule has 2 heterocycles. The number of hydrogen-bond donors (Lipinski definition) is 2. The molecule has 0 saturated carbocycles. The summed E-state index contributed by atoms with van der Waals surface area (Å²) in [5.41, 5.74) is 0.564. The van der Waals surface area contributed by atoms with Gasteiger partial charge in [-0.15, -0.1) is 0 Å². The lowest BCUT2D eigenvalue weighted by Crippen LogP contribution is -2.32. The predicted octanol–water partition coefficient (Wildman–Crippen LogP) is -0.113. The topological polar surface area (TPSA) is 95.2 Å². The van der Waals surface area contributed by atoms with Gasteiger partial charge in [-0.25, -0.2) is 0 Å². The number of amides is 3. The molecule has 7 heteroatoms. The highest BCUT2D eigenvalue weighted by Gasteiger charge is 2.28. The van der Waals surface area contributed by atoms with Crippen molar-refractivity contribution in [3.05, 3.63) is 12.4 Å². The molecule has 1 fully saturated rings. The highest BCUT2D eigenvalue weighted by molar-refractivity contribution is 6.02. The molecule has 7 nitrogen and oxygen atoms in total. The van der Waals surface area contributed by atoms with E-state index in [1.54, 1.807) is 6.20 Å². The standard InChI is InChI=1S/C10H12N4O3/c15-8(13-7-5-11-12-6-7)3-4-14-9(16)1-2-10(14)17/h5-6H,1-4H2,(H,11,12)(H,13,15). The lowest BCUT2D eigenvalue weighted by atomic mass is 10.3. The monoisotopic (exact) mass is 236 g/mol. The molecule has 2 rings (SSSR count). The first-order valence-electron chi connectivity index (χ1n) is 5.28. The van der Waals surface area contributed by atoms with Crippen LogP contribution in [0.25, 0.3) is 0 Å². The molecule has 0 bridgehead atoms. The smallest absolute Gasteiger partial charge is 0.229 e. The van der Waals surface area contributed by atoms with E-state index in [2.05, 4.69) is 15.5 Å². The summed E-state index contributed by atoms with van der Waals surface area (Å²) in [6.07, 6.45) is 3.63. The van der Waals surface area contributed by atoms with Crippen molar-refractivity contribution in [3.8, 4) is 0 Å². The second kappa shape index (κ2) is 4.77. The van der Waals surface area contributed by atoms with Crippen molar-refractivity contribution in [2.75, 3.05) is 11.9 Å². The van der Waals surface area contributed by atoms with E-state index in [1.807, 2.05) is 0 Å². The third-order valence-corrected chi connectivity index (χ3v) is 2.50. The summed E-state index contributed by atoms with van der Waals surface area (Å²) < 4.78 is 0. The van der Waals surface area contributed by atoms with Gasteiger partial charge in [0, 0.05) is 32.0 Å². The van der Waals surface area contributed by atoms with Crippen LogP contribution in [0.15, 0.2) is 12.4 Å². The van der Waals surface area contributed by atoms with Crippen LogP contribution < -0.4 is 5.32 Å². The van der Waals surface area contributed by atoms with Crippen LogP contribution in [-0.4, -0.2) is 39.4 Å². The molecule has 0 spiro atoms. The molecular weight excluding hydrogens is 224 g/mol. The van der Waals surface area contributed by atoms with Crippen LogP contribution in [0.5, 0.6) is 0 Å². The van der Waals surface area contributed by atoms with Gasteiger partial charge in [-0.05, 0) is 0 Å². The van der Waals surface area contributed by atoms with Crippen LogP contribution in [0.3, 0.4) is 0 Å². The summed E-state index contributed by atoms with van der Waals surface area (Å²) in [5.74, 6) is -0.656. The van der Waals surface area contributed by atoms with Gasteiger partial charge in [0.25, 0.3) is 0 Å². The first-order chi connectivity index (χ1) is 8.16. The zero-order valence-electron chi connectivity index (χ0n) is 9.10. The van der Waals surface area contributed by atoms with Crippen molar-refractivity contribution in [2.24, 2.45) is 0 Å². The van der Waals surface area contributed by atoms with E-state index >= 15 is 0 Å². The van der Waals surface area contributed by atoms with Gasteiger partial charge in [-0.3, -0.25) is 24.4 Å². The summed E-state index contributed by atoms with van der Waals surface area (Å²) in [6.45, 7) is 0.140.